The van der Waals surface area contributed by atoms with Gasteiger partial charge in [-0.25, -0.2) is 4.90 Å². The summed E-state index contributed by atoms with van der Waals surface area (Å²) in [7, 11) is 0. The highest BCUT2D eigenvalue weighted by molar-refractivity contribution is 6.46. The van der Waals surface area contributed by atoms with Crippen LogP contribution >= 0.6 is 0 Å². The van der Waals surface area contributed by atoms with Crippen molar-refractivity contribution in [2.45, 2.75) is 47.0 Å². The summed E-state index contributed by atoms with van der Waals surface area (Å²) < 4.78 is 5.75. The third-order valence-corrected chi connectivity index (χ3v) is 6.27. The molecule has 2 amide bonds. The van der Waals surface area contributed by atoms with Gasteiger partial charge in [0.05, 0.1) is 17.9 Å². The van der Waals surface area contributed by atoms with Gasteiger partial charge in [-0.1, -0.05) is 57.2 Å². The van der Waals surface area contributed by atoms with Crippen LogP contribution in [-0.2, 0) is 9.59 Å². The van der Waals surface area contributed by atoms with Crippen LogP contribution in [0.5, 0.6) is 5.75 Å². The normalized spacial score (nSPS) is 13.7. The largest absolute Gasteiger partial charge is 0.494 e. The molecule has 1 heterocycles. The van der Waals surface area contributed by atoms with Crippen molar-refractivity contribution in [2.24, 2.45) is 0 Å². The Morgan fingerprint density at radius 1 is 0.886 bits per heavy atom. The molecular weight excluding hydrogens is 436 g/mol. The minimum atomic E-state index is -0.375. The van der Waals surface area contributed by atoms with Crippen molar-refractivity contribution in [1.82, 2.24) is 0 Å². The van der Waals surface area contributed by atoms with E-state index < -0.39 is 0 Å². The number of benzene rings is 3. The summed E-state index contributed by atoms with van der Waals surface area (Å²) >= 11 is 0. The van der Waals surface area contributed by atoms with E-state index in [9.17, 15) is 9.59 Å². The second kappa shape index (κ2) is 10.2. The number of carbonyl (C=O) groups is 2. The van der Waals surface area contributed by atoms with Crippen LogP contribution in [0.4, 0.5) is 11.4 Å². The van der Waals surface area contributed by atoms with E-state index in [1.807, 2.05) is 87.5 Å². The zero-order valence-corrected chi connectivity index (χ0v) is 21.0. The smallest absolute Gasteiger partial charge is 0.282 e. The summed E-state index contributed by atoms with van der Waals surface area (Å²) in [5.41, 5.74) is 5.93. The molecule has 0 unspecified atom stereocenters. The zero-order valence-electron chi connectivity index (χ0n) is 21.0. The van der Waals surface area contributed by atoms with E-state index in [4.69, 9.17) is 4.74 Å². The summed E-state index contributed by atoms with van der Waals surface area (Å²) in [6.45, 7) is 10.9. The molecule has 35 heavy (non-hydrogen) atoms. The highest BCUT2D eigenvalue weighted by atomic mass is 16.5. The Balaban J connectivity index is 1.76. The van der Waals surface area contributed by atoms with Gasteiger partial charge in [0.15, 0.2) is 0 Å². The molecule has 0 spiro atoms. The van der Waals surface area contributed by atoms with Gasteiger partial charge in [-0.05, 0) is 72.7 Å². The van der Waals surface area contributed by atoms with E-state index in [-0.39, 0.29) is 17.5 Å². The molecule has 180 valence electrons. The molecule has 1 aliphatic heterocycles. The van der Waals surface area contributed by atoms with Crippen LogP contribution in [0.2, 0.25) is 0 Å². The molecule has 0 aromatic heterocycles. The van der Waals surface area contributed by atoms with Crippen LogP contribution in [0.15, 0.2) is 72.4 Å². The van der Waals surface area contributed by atoms with Gasteiger partial charge in [-0.2, -0.15) is 0 Å². The van der Waals surface area contributed by atoms with Crippen molar-refractivity contribution in [2.75, 3.05) is 16.8 Å². The number of amides is 2. The average molecular weight is 469 g/mol. The lowest BCUT2D eigenvalue weighted by Crippen LogP contribution is -2.32. The molecule has 5 heteroatoms. The molecule has 5 nitrogen and oxygen atoms in total. The first-order valence-corrected chi connectivity index (χ1v) is 12.1. The number of nitrogens with one attached hydrogen (secondary N) is 1. The van der Waals surface area contributed by atoms with Gasteiger partial charge in [-0.3, -0.25) is 9.59 Å². The van der Waals surface area contributed by atoms with E-state index >= 15 is 0 Å². The number of hydrogen-bond donors (Lipinski definition) is 1. The van der Waals surface area contributed by atoms with Crippen LogP contribution in [-0.4, -0.2) is 18.4 Å². The van der Waals surface area contributed by atoms with Crippen LogP contribution in [0.25, 0.3) is 5.57 Å². The van der Waals surface area contributed by atoms with Gasteiger partial charge in [0.2, 0.25) is 0 Å². The Bertz CT molecular complexity index is 1290. The standard InChI is InChI=1S/C30H32N2O3/c1-6-16-35-26-9-7-8-24(18-26)31-28-27(23-11-10-20(4)21(5)17-23)29(33)32(30(28)34)25-14-12-22(13-15-25)19(2)3/h7-15,17-19,31H,6,16H2,1-5H3. The van der Waals surface area contributed by atoms with Crippen LogP contribution in [0.1, 0.15) is 55.4 Å². The quantitative estimate of drug-likeness (QED) is 0.378. The SMILES string of the molecule is CCCOc1cccc(NC2=C(c3ccc(C)c(C)c3)C(=O)N(c3ccc(C(C)C)cc3)C2=O)c1. The molecule has 0 aliphatic carbocycles. The lowest BCUT2D eigenvalue weighted by atomic mass is 9.99. The first-order valence-electron chi connectivity index (χ1n) is 12.1. The lowest BCUT2D eigenvalue weighted by molar-refractivity contribution is -0.120. The summed E-state index contributed by atoms with van der Waals surface area (Å²) in [5.74, 6) is 0.359. The van der Waals surface area contributed by atoms with Crippen molar-refractivity contribution in [3.63, 3.8) is 0 Å². The lowest BCUT2D eigenvalue weighted by Gasteiger charge is -2.17. The van der Waals surface area contributed by atoms with Crippen LogP contribution < -0.4 is 15.0 Å². The van der Waals surface area contributed by atoms with Crippen LogP contribution in [0.3, 0.4) is 0 Å². The number of nitrogens with zero attached hydrogens (tertiary/aromatic N) is 1. The fraction of sp³-hybridized carbons (Fsp3) is 0.267. The van der Waals surface area contributed by atoms with E-state index in [1.165, 1.54) is 4.90 Å². The van der Waals surface area contributed by atoms with Gasteiger partial charge in [-0.15, -0.1) is 0 Å². The first kappa shape index (κ1) is 24.3. The number of hydrogen-bond acceptors (Lipinski definition) is 4. The minimum Gasteiger partial charge on any atom is -0.494 e. The Labute approximate surface area is 207 Å². The minimum absolute atomic E-state index is 0.263. The van der Waals surface area contributed by atoms with E-state index in [2.05, 4.69) is 19.2 Å². The maximum atomic E-state index is 13.7. The molecule has 3 aromatic rings. The van der Waals surface area contributed by atoms with E-state index in [1.54, 1.807) is 0 Å². The third kappa shape index (κ3) is 4.99. The summed E-state index contributed by atoms with van der Waals surface area (Å²) in [4.78, 5) is 28.7. The third-order valence-electron chi connectivity index (χ3n) is 6.27. The number of rotatable bonds is 8. The number of imide groups is 1. The first-order chi connectivity index (χ1) is 16.8. The van der Waals surface area contributed by atoms with Gasteiger partial charge < -0.3 is 10.1 Å². The van der Waals surface area contributed by atoms with Crippen molar-refractivity contribution < 1.29 is 14.3 Å². The van der Waals surface area contributed by atoms with E-state index in [0.717, 1.165) is 23.1 Å². The fourth-order valence-electron chi connectivity index (χ4n) is 4.08. The molecule has 1 aliphatic rings. The molecule has 1 N–H and O–H groups in total. The molecule has 0 radical (unpaired) electrons. The Morgan fingerprint density at radius 2 is 1.63 bits per heavy atom. The molecule has 0 atom stereocenters. The molecule has 3 aromatic carbocycles. The molecular formula is C30H32N2O3. The Morgan fingerprint density at radius 3 is 2.29 bits per heavy atom. The average Bonchev–Trinajstić information content (AvgIpc) is 3.09. The molecule has 0 saturated carbocycles. The molecule has 4 rings (SSSR count). The number of ether oxygens (including phenoxy) is 1. The van der Waals surface area contributed by atoms with Crippen LogP contribution in [0, 0.1) is 13.8 Å². The maximum absolute atomic E-state index is 13.7. The Hall–Kier alpha value is -3.86. The van der Waals surface area contributed by atoms with Gasteiger partial charge >= 0.3 is 0 Å². The van der Waals surface area contributed by atoms with Crippen molar-refractivity contribution >= 4 is 28.8 Å². The maximum Gasteiger partial charge on any atom is 0.282 e. The number of carbonyl (C=O) groups excluding carboxylic acids is 2. The molecule has 0 fully saturated rings. The van der Waals surface area contributed by atoms with E-state index in [0.29, 0.717) is 40.8 Å². The van der Waals surface area contributed by atoms with Crippen molar-refractivity contribution in [3.8, 4) is 5.75 Å². The monoisotopic (exact) mass is 468 g/mol. The highest BCUT2D eigenvalue weighted by Gasteiger charge is 2.40. The summed E-state index contributed by atoms with van der Waals surface area (Å²) in [6.07, 6.45) is 0.900. The summed E-state index contributed by atoms with van der Waals surface area (Å²) in [6, 6.07) is 20.9. The highest BCUT2D eigenvalue weighted by Crippen LogP contribution is 2.35. The van der Waals surface area contributed by atoms with Gasteiger partial charge in [0.1, 0.15) is 11.4 Å². The summed E-state index contributed by atoms with van der Waals surface area (Å²) in [5, 5.41) is 3.24. The number of aryl methyl sites for hydroxylation is 2. The number of anilines is 2. The van der Waals surface area contributed by atoms with Crippen molar-refractivity contribution in [1.29, 1.82) is 0 Å². The second-order valence-corrected chi connectivity index (χ2v) is 9.24. The fourth-order valence-corrected chi connectivity index (χ4v) is 4.08. The molecule has 0 bridgehead atoms. The zero-order chi connectivity index (χ0) is 25.1. The van der Waals surface area contributed by atoms with Crippen molar-refractivity contribution in [3.05, 3.63) is 94.7 Å². The topological polar surface area (TPSA) is 58.6 Å². The second-order valence-electron chi connectivity index (χ2n) is 9.24. The predicted octanol–water partition coefficient (Wildman–Crippen LogP) is 6.61. The van der Waals surface area contributed by atoms with Gasteiger partial charge in [0, 0.05) is 11.8 Å². The molecule has 0 saturated heterocycles. The Kier molecular flexibility index (Phi) is 7.06. The van der Waals surface area contributed by atoms with Gasteiger partial charge in [0.25, 0.3) is 11.8 Å². The predicted molar refractivity (Wildman–Crippen MR) is 142 cm³/mol.